The third-order valence-corrected chi connectivity index (χ3v) is 2.73. The van der Waals surface area contributed by atoms with Crippen molar-refractivity contribution < 1.29 is 0 Å². The third-order valence-electron chi connectivity index (χ3n) is 2.73. The van der Waals surface area contributed by atoms with E-state index in [9.17, 15) is 0 Å². The second kappa shape index (κ2) is 4.01. The highest BCUT2D eigenvalue weighted by Gasteiger charge is 2.03. The fraction of sp³-hybridized carbons (Fsp3) is 0.143. The van der Waals surface area contributed by atoms with Crippen molar-refractivity contribution in [2.24, 2.45) is 0 Å². The summed E-state index contributed by atoms with van der Waals surface area (Å²) in [5.74, 6) is 0.863. The summed E-state index contributed by atoms with van der Waals surface area (Å²) in [6.07, 6.45) is 2.70. The molecule has 0 unspecified atom stereocenters. The van der Waals surface area contributed by atoms with Crippen LogP contribution in [-0.4, -0.2) is 14.6 Å². The molecule has 17 heavy (non-hydrogen) atoms. The standard InChI is InChI=1S/C14H13N3/c1-11-5-4-6-12(9-11)10-13-15-14-7-2-3-8-17(14)16-13/h2-9H,10H2,1H3. The fourth-order valence-electron chi connectivity index (χ4n) is 1.96. The molecule has 0 fully saturated rings. The second-order valence-electron chi connectivity index (χ2n) is 4.20. The second-order valence-corrected chi connectivity index (χ2v) is 4.20. The quantitative estimate of drug-likeness (QED) is 0.668. The highest BCUT2D eigenvalue weighted by molar-refractivity contribution is 5.37. The molecular weight excluding hydrogens is 210 g/mol. The van der Waals surface area contributed by atoms with Gasteiger partial charge in [-0.1, -0.05) is 35.9 Å². The summed E-state index contributed by atoms with van der Waals surface area (Å²) < 4.78 is 1.81. The van der Waals surface area contributed by atoms with Crippen LogP contribution >= 0.6 is 0 Å². The molecular formula is C14H13N3. The van der Waals surface area contributed by atoms with Crippen molar-refractivity contribution >= 4 is 5.65 Å². The average molecular weight is 223 g/mol. The minimum atomic E-state index is 0.781. The first-order valence-corrected chi connectivity index (χ1v) is 5.67. The monoisotopic (exact) mass is 223 g/mol. The first kappa shape index (κ1) is 10.0. The van der Waals surface area contributed by atoms with E-state index in [0.29, 0.717) is 0 Å². The van der Waals surface area contributed by atoms with E-state index in [2.05, 4.69) is 41.3 Å². The summed E-state index contributed by atoms with van der Waals surface area (Å²) in [7, 11) is 0. The molecule has 2 heterocycles. The number of aryl methyl sites for hydroxylation is 1. The van der Waals surface area contributed by atoms with Crippen LogP contribution in [0.1, 0.15) is 17.0 Å². The lowest BCUT2D eigenvalue weighted by Crippen LogP contribution is -1.92. The average Bonchev–Trinajstić information content (AvgIpc) is 2.71. The van der Waals surface area contributed by atoms with Crippen LogP contribution in [0.2, 0.25) is 0 Å². The van der Waals surface area contributed by atoms with Crippen LogP contribution in [0.25, 0.3) is 5.65 Å². The number of benzene rings is 1. The van der Waals surface area contributed by atoms with Crippen molar-refractivity contribution in [3.8, 4) is 0 Å². The smallest absolute Gasteiger partial charge is 0.156 e. The molecule has 84 valence electrons. The number of fused-ring (bicyclic) bond motifs is 1. The van der Waals surface area contributed by atoms with Gasteiger partial charge in [-0.2, -0.15) is 5.10 Å². The zero-order chi connectivity index (χ0) is 11.7. The largest absolute Gasteiger partial charge is 0.221 e. The van der Waals surface area contributed by atoms with Crippen molar-refractivity contribution in [3.05, 3.63) is 65.6 Å². The molecule has 3 heteroatoms. The van der Waals surface area contributed by atoms with Gasteiger partial charge in [-0.15, -0.1) is 0 Å². The zero-order valence-electron chi connectivity index (χ0n) is 9.67. The maximum atomic E-state index is 4.49. The normalized spacial score (nSPS) is 10.9. The molecule has 0 aliphatic carbocycles. The summed E-state index contributed by atoms with van der Waals surface area (Å²) in [5.41, 5.74) is 3.42. The minimum absolute atomic E-state index is 0.781. The molecule has 3 nitrogen and oxygen atoms in total. The predicted octanol–water partition coefficient (Wildman–Crippen LogP) is 2.63. The highest BCUT2D eigenvalue weighted by Crippen LogP contribution is 2.09. The van der Waals surface area contributed by atoms with Gasteiger partial charge in [0.05, 0.1) is 0 Å². The summed E-state index contributed by atoms with van der Waals surface area (Å²) in [4.78, 5) is 4.49. The van der Waals surface area contributed by atoms with Gasteiger partial charge in [0.25, 0.3) is 0 Å². The number of hydrogen-bond acceptors (Lipinski definition) is 2. The van der Waals surface area contributed by atoms with Gasteiger partial charge < -0.3 is 0 Å². The van der Waals surface area contributed by atoms with Crippen LogP contribution in [0.5, 0.6) is 0 Å². The Bertz CT molecular complexity index is 622. The first-order valence-electron chi connectivity index (χ1n) is 5.67. The van der Waals surface area contributed by atoms with Gasteiger partial charge in [-0.25, -0.2) is 9.50 Å². The van der Waals surface area contributed by atoms with Crippen LogP contribution < -0.4 is 0 Å². The number of rotatable bonds is 2. The van der Waals surface area contributed by atoms with Crippen molar-refractivity contribution in [3.63, 3.8) is 0 Å². The predicted molar refractivity (Wildman–Crippen MR) is 67.0 cm³/mol. The lowest BCUT2D eigenvalue weighted by atomic mass is 10.1. The molecule has 0 aliphatic heterocycles. The van der Waals surface area contributed by atoms with E-state index in [1.54, 1.807) is 0 Å². The van der Waals surface area contributed by atoms with E-state index in [0.717, 1.165) is 17.9 Å². The van der Waals surface area contributed by atoms with E-state index in [1.807, 2.05) is 28.9 Å². The summed E-state index contributed by atoms with van der Waals surface area (Å²) in [6, 6.07) is 14.3. The van der Waals surface area contributed by atoms with Crippen LogP contribution in [0, 0.1) is 6.92 Å². The summed E-state index contributed by atoms with van der Waals surface area (Å²) in [5, 5.41) is 4.44. The molecule has 0 N–H and O–H groups in total. The number of hydrogen-bond donors (Lipinski definition) is 0. The molecule has 0 radical (unpaired) electrons. The third kappa shape index (κ3) is 2.04. The summed E-state index contributed by atoms with van der Waals surface area (Å²) >= 11 is 0. The Kier molecular flexibility index (Phi) is 2.37. The van der Waals surface area contributed by atoms with E-state index >= 15 is 0 Å². The van der Waals surface area contributed by atoms with Crippen LogP contribution in [-0.2, 0) is 6.42 Å². The molecule has 0 saturated carbocycles. The van der Waals surface area contributed by atoms with Crippen molar-refractivity contribution in [2.75, 3.05) is 0 Å². The molecule has 1 aromatic carbocycles. The molecule has 0 amide bonds. The van der Waals surface area contributed by atoms with Gasteiger partial charge in [0.15, 0.2) is 11.5 Å². The van der Waals surface area contributed by atoms with Gasteiger partial charge in [0.1, 0.15) is 0 Å². The van der Waals surface area contributed by atoms with Crippen LogP contribution in [0.4, 0.5) is 0 Å². The van der Waals surface area contributed by atoms with E-state index in [-0.39, 0.29) is 0 Å². The Morgan fingerprint density at radius 2 is 2.06 bits per heavy atom. The number of nitrogens with zero attached hydrogens (tertiary/aromatic N) is 3. The Balaban J connectivity index is 1.94. The number of aromatic nitrogens is 3. The molecule has 0 saturated heterocycles. The Hall–Kier alpha value is -2.16. The maximum Gasteiger partial charge on any atom is 0.156 e. The molecule has 0 atom stereocenters. The van der Waals surface area contributed by atoms with Gasteiger partial charge in [0.2, 0.25) is 0 Å². The number of pyridine rings is 1. The van der Waals surface area contributed by atoms with Gasteiger partial charge >= 0.3 is 0 Å². The van der Waals surface area contributed by atoms with Gasteiger partial charge in [-0.05, 0) is 24.6 Å². The highest BCUT2D eigenvalue weighted by atomic mass is 15.3. The molecule has 0 spiro atoms. The van der Waals surface area contributed by atoms with E-state index in [4.69, 9.17) is 0 Å². The lowest BCUT2D eigenvalue weighted by Gasteiger charge is -1.98. The topological polar surface area (TPSA) is 30.2 Å². The zero-order valence-corrected chi connectivity index (χ0v) is 9.67. The Morgan fingerprint density at radius 3 is 2.88 bits per heavy atom. The van der Waals surface area contributed by atoms with E-state index < -0.39 is 0 Å². The van der Waals surface area contributed by atoms with E-state index in [1.165, 1.54) is 11.1 Å². The fourth-order valence-corrected chi connectivity index (χ4v) is 1.96. The SMILES string of the molecule is Cc1cccc(Cc2nc3ccccn3n2)c1. The van der Waals surface area contributed by atoms with Gasteiger partial charge in [0, 0.05) is 12.6 Å². The van der Waals surface area contributed by atoms with Gasteiger partial charge in [-0.3, -0.25) is 0 Å². The lowest BCUT2D eigenvalue weighted by molar-refractivity contribution is 0.899. The Morgan fingerprint density at radius 1 is 1.12 bits per heavy atom. The minimum Gasteiger partial charge on any atom is -0.221 e. The van der Waals surface area contributed by atoms with Crippen LogP contribution in [0.15, 0.2) is 48.7 Å². The molecule has 0 aliphatic rings. The van der Waals surface area contributed by atoms with Crippen molar-refractivity contribution in [1.29, 1.82) is 0 Å². The van der Waals surface area contributed by atoms with Crippen molar-refractivity contribution in [2.45, 2.75) is 13.3 Å². The first-order chi connectivity index (χ1) is 8.31. The van der Waals surface area contributed by atoms with Crippen LogP contribution in [0.3, 0.4) is 0 Å². The molecule has 2 aromatic heterocycles. The summed E-state index contributed by atoms with van der Waals surface area (Å²) in [6.45, 7) is 2.10. The molecule has 0 bridgehead atoms. The van der Waals surface area contributed by atoms with Crippen molar-refractivity contribution in [1.82, 2.24) is 14.6 Å². The molecule has 3 aromatic rings. The Labute approximate surface area is 99.7 Å². The molecule has 3 rings (SSSR count). The maximum absolute atomic E-state index is 4.49.